The molecule has 0 amide bonds. The number of pyridine rings is 1. The highest BCUT2D eigenvalue weighted by Gasteiger charge is 2.33. The molecule has 1 aliphatic carbocycles. The molecule has 1 saturated carbocycles. The minimum Gasteiger partial charge on any atom is -0.362 e. The van der Waals surface area contributed by atoms with Crippen LogP contribution in [0.2, 0.25) is 5.02 Å². The lowest BCUT2D eigenvalue weighted by Crippen LogP contribution is -2.43. The predicted molar refractivity (Wildman–Crippen MR) is 117 cm³/mol. The number of halogens is 2. The van der Waals surface area contributed by atoms with Gasteiger partial charge in [0, 0.05) is 22.6 Å². The summed E-state index contributed by atoms with van der Waals surface area (Å²) in [6.07, 6.45) is 7.94. The van der Waals surface area contributed by atoms with E-state index in [9.17, 15) is 0 Å². The van der Waals surface area contributed by atoms with E-state index in [2.05, 4.69) is 61.9 Å². The summed E-state index contributed by atoms with van der Waals surface area (Å²) in [5.74, 6) is 0.585. The van der Waals surface area contributed by atoms with E-state index in [4.69, 9.17) is 23.8 Å². The van der Waals surface area contributed by atoms with Crippen LogP contribution in [-0.2, 0) is 5.41 Å². The van der Waals surface area contributed by atoms with Crippen molar-refractivity contribution in [3.8, 4) is 0 Å². The van der Waals surface area contributed by atoms with Crippen LogP contribution in [0.3, 0.4) is 0 Å². The first kappa shape index (κ1) is 19.6. The standard InChI is InChI=1S/C20H23BrClN3S/c1-14-16(21)12-23-18(17(14)22)25-19(26)24-13-20(10-6-3-7-11-20)15-8-4-2-5-9-15/h2,4-5,8-9,12H,3,6-7,10-11,13H2,1H3,(H2,23,24,25,26). The maximum absolute atomic E-state index is 6.37. The Balaban J connectivity index is 1.70. The summed E-state index contributed by atoms with van der Waals surface area (Å²) in [5.41, 5.74) is 2.48. The number of hydrogen-bond donors (Lipinski definition) is 2. The second-order valence-electron chi connectivity index (χ2n) is 6.91. The topological polar surface area (TPSA) is 37.0 Å². The van der Waals surface area contributed by atoms with Gasteiger partial charge in [0.05, 0.1) is 5.02 Å². The van der Waals surface area contributed by atoms with Crippen LogP contribution in [0.1, 0.15) is 43.2 Å². The van der Waals surface area contributed by atoms with E-state index in [1.54, 1.807) is 6.20 Å². The molecular formula is C20H23BrClN3S. The van der Waals surface area contributed by atoms with Crippen molar-refractivity contribution in [2.45, 2.75) is 44.4 Å². The molecule has 0 bridgehead atoms. The second kappa shape index (κ2) is 8.68. The maximum atomic E-state index is 6.37. The molecule has 2 aromatic rings. The fourth-order valence-electron chi connectivity index (χ4n) is 3.63. The molecule has 1 aromatic carbocycles. The van der Waals surface area contributed by atoms with Crippen LogP contribution in [0.25, 0.3) is 0 Å². The largest absolute Gasteiger partial charge is 0.362 e. The van der Waals surface area contributed by atoms with Gasteiger partial charge in [-0.1, -0.05) is 61.2 Å². The van der Waals surface area contributed by atoms with Crippen LogP contribution < -0.4 is 10.6 Å². The van der Waals surface area contributed by atoms with Crippen LogP contribution in [0.4, 0.5) is 5.82 Å². The van der Waals surface area contributed by atoms with Crippen molar-refractivity contribution < 1.29 is 0 Å². The molecule has 1 heterocycles. The first-order valence-electron chi connectivity index (χ1n) is 8.93. The quantitative estimate of drug-likeness (QED) is 0.558. The van der Waals surface area contributed by atoms with Crippen molar-refractivity contribution in [3.63, 3.8) is 0 Å². The summed E-state index contributed by atoms with van der Waals surface area (Å²) in [6, 6.07) is 10.8. The smallest absolute Gasteiger partial charge is 0.172 e. The van der Waals surface area contributed by atoms with E-state index in [0.717, 1.165) is 16.6 Å². The third-order valence-corrected chi connectivity index (χ3v) is 6.73. The summed E-state index contributed by atoms with van der Waals surface area (Å²) >= 11 is 15.3. The van der Waals surface area contributed by atoms with Gasteiger partial charge in [0.15, 0.2) is 10.9 Å². The van der Waals surface area contributed by atoms with Gasteiger partial charge in [-0.2, -0.15) is 0 Å². The van der Waals surface area contributed by atoms with Gasteiger partial charge in [0.25, 0.3) is 0 Å². The highest BCUT2D eigenvalue weighted by atomic mass is 79.9. The monoisotopic (exact) mass is 451 g/mol. The van der Waals surface area contributed by atoms with Gasteiger partial charge in [-0.15, -0.1) is 0 Å². The van der Waals surface area contributed by atoms with Crippen molar-refractivity contribution >= 4 is 50.7 Å². The Morgan fingerprint density at radius 1 is 1.23 bits per heavy atom. The Bertz CT molecular complexity index is 776. The van der Waals surface area contributed by atoms with Crippen LogP contribution in [0.5, 0.6) is 0 Å². The minimum atomic E-state index is 0.137. The number of thiocarbonyl (C=S) groups is 1. The van der Waals surface area contributed by atoms with E-state index in [0.29, 0.717) is 16.0 Å². The van der Waals surface area contributed by atoms with Crippen molar-refractivity contribution in [2.75, 3.05) is 11.9 Å². The van der Waals surface area contributed by atoms with Gasteiger partial charge >= 0.3 is 0 Å². The average Bonchev–Trinajstić information content (AvgIpc) is 2.68. The van der Waals surface area contributed by atoms with E-state index >= 15 is 0 Å². The number of anilines is 1. The summed E-state index contributed by atoms with van der Waals surface area (Å²) in [5, 5.41) is 7.69. The summed E-state index contributed by atoms with van der Waals surface area (Å²) in [7, 11) is 0. The summed E-state index contributed by atoms with van der Waals surface area (Å²) < 4.78 is 0.886. The Kier molecular flexibility index (Phi) is 6.54. The molecule has 0 atom stereocenters. The molecule has 6 heteroatoms. The van der Waals surface area contributed by atoms with Crippen LogP contribution in [0, 0.1) is 6.92 Å². The lowest BCUT2D eigenvalue weighted by atomic mass is 9.69. The minimum absolute atomic E-state index is 0.137. The highest BCUT2D eigenvalue weighted by molar-refractivity contribution is 9.10. The van der Waals surface area contributed by atoms with E-state index in [1.165, 1.54) is 37.7 Å². The van der Waals surface area contributed by atoms with Gasteiger partial charge in [-0.3, -0.25) is 0 Å². The number of nitrogens with zero attached hydrogens (tertiary/aromatic N) is 1. The molecule has 2 N–H and O–H groups in total. The zero-order chi connectivity index (χ0) is 18.6. The zero-order valence-electron chi connectivity index (χ0n) is 14.8. The lowest BCUT2D eigenvalue weighted by molar-refractivity contribution is 0.292. The first-order chi connectivity index (χ1) is 12.5. The molecule has 3 rings (SSSR count). The molecule has 0 radical (unpaired) electrons. The Labute approximate surface area is 174 Å². The molecule has 0 spiro atoms. The van der Waals surface area contributed by atoms with Crippen LogP contribution >= 0.6 is 39.7 Å². The fraction of sp³-hybridized carbons (Fsp3) is 0.400. The van der Waals surface area contributed by atoms with E-state index in [1.807, 2.05) is 6.92 Å². The number of rotatable bonds is 4. The molecule has 1 aromatic heterocycles. The third-order valence-electron chi connectivity index (χ3n) is 5.22. The van der Waals surface area contributed by atoms with Crippen LogP contribution in [-0.4, -0.2) is 16.6 Å². The molecule has 1 aliphatic rings. The Hall–Kier alpha value is -1.17. The van der Waals surface area contributed by atoms with Gasteiger partial charge in [0.1, 0.15) is 0 Å². The lowest BCUT2D eigenvalue weighted by Gasteiger charge is -2.38. The molecule has 0 aliphatic heterocycles. The normalized spacial score (nSPS) is 16.1. The van der Waals surface area contributed by atoms with Crippen LogP contribution in [0.15, 0.2) is 41.0 Å². The third kappa shape index (κ3) is 4.38. The van der Waals surface area contributed by atoms with Gasteiger partial charge in [0.2, 0.25) is 0 Å². The summed E-state index contributed by atoms with van der Waals surface area (Å²) in [6.45, 7) is 2.76. The SMILES string of the molecule is Cc1c(Br)cnc(NC(=S)NCC2(c3ccccc3)CCCCC2)c1Cl. The average molecular weight is 453 g/mol. The molecule has 1 fully saturated rings. The molecular weight excluding hydrogens is 430 g/mol. The van der Waals surface area contributed by atoms with E-state index < -0.39 is 0 Å². The Morgan fingerprint density at radius 3 is 2.62 bits per heavy atom. The first-order valence-corrected chi connectivity index (χ1v) is 10.5. The van der Waals surface area contributed by atoms with Gasteiger partial charge < -0.3 is 10.6 Å². The molecule has 26 heavy (non-hydrogen) atoms. The number of nitrogens with one attached hydrogen (secondary N) is 2. The second-order valence-corrected chi connectivity index (χ2v) is 8.55. The summed E-state index contributed by atoms with van der Waals surface area (Å²) in [4.78, 5) is 4.33. The van der Waals surface area contributed by atoms with Crippen molar-refractivity contribution in [1.29, 1.82) is 0 Å². The molecule has 3 nitrogen and oxygen atoms in total. The number of aromatic nitrogens is 1. The molecule has 138 valence electrons. The van der Waals surface area contributed by atoms with Gasteiger partial charge in [-0.25, -0.2) is 4.98 Å². The van der Waals surface area contributed by atoms with Crippen molar-refractivity contribution in [1.82, 2.24) is 10.3 Å². The number of hydrogen-bond acceptors (Lipinski definition) is 2. The zero-order valence-corrected chi connectivity index (χ0v) is 18.0. The maximum Gasteiger partial charge on any atom is 0.172 e. The van der Waals surface area contributed by atoms with Crippen molar-refractivity contribution in [2.24, 2.45) is 0 Å². The van der Waals surface area contributed by atoms with E-state index in [-0.39, 0.29) is 5.41 Å². The molecule has 0 saturated heterocycles. The highest BCUT2D eigenvalue weighted by Crippen LogP contribution is 2.39. The number of benzene rings is 1. The van der Waals surface area contributed by atoms with Gasteiger partial charge in [-0.05, 0) is 59.0 Å². The fourth-order valence-corrected chi connectivity index (χ4v) is 4.41. The Morgan fingerprint density at radius 2 is 1.92 bits per heavy atom. The predicted octanol–water partition coefficient (Wildman–Crippen LogP) is 5.99. The van der Waals surface area contributed by atoms with Crippen molar-refractivity contribution in [3.05, 3.63) is 57.2 Å². The molecule has 0 unspecified atom stereocenters.